The summed E-state index contributed by atoms with van der Waals surface area (Å²) in [5.74, 6) is 1.72. The molecule has 2 atom stereocenters. The van der Waals surface area contributed by atoms with E-state index in [9.17, 15) is 10.2 Å². The first-order valence-corrected chi connectivity index (χ1v) is 18.3. The van der Waals surface area contributed by atoms with Gasteiger partial charge in [0.1, 0.15) is 11.5 Å². The summed E-state index contributed by atoms with van der Waals surface area (Å²) in [5.41, 5.74) is 6.35. The second-order valence-corrected chi connectivity index (χ2v) is 14.5. The Kier molecular flexibility index (Phi) is 14.5. The lowest BCUT2D eigenvalue weighted by Crippen LogP contribution is -2.38. The summed E-state index contributed by atoms with van der Waals surface area (Å²) in [6, 6.07) is 35.3. The number of aliphatic hydroxyl groups is 2. The second kappa shape index (κ2) is 18.5. The van der Waals surface area contributed by atoms with Gasteiger partial charge in [-0.2, -0.15) is 0 Å². The Bertz CT molecular complexity index is 1420. The largest absolute Gasteiger partial charge is 0.457 e. The van der Waals surface area contributed by atoms with Crippen LogP contribution in [0.2, 0.25) is 0 Å². The Morgan fingerprint density at radius 1 is 0.490 bits per heavy atom. The molecule has 2 unspecified atom stereocenters. The maximum atomic E-state index is 10.3. The quantitative estimate of drug-likeness (QED) is 0.111. The highest BCUT2D eigenvalue weighted by Crippen LogP contribution is 2.42. The fourth-order valence-corrected chi connectivity index (χ4v) is 7.40. The Hall–Kier alpha value is -3.48. The summed E-state index contributed by atoms with van der Waals surface area (Å²) in [6.07, 6.45) is 1.82. The zero-order valence-corrected chi connectivity index (χ0v) is 31.1. The maximum Gasteiger partial charge on any atom is 0.131 e. The molecule has 0 aliphatic heterocycles. The number of ether oxygens (including phenoxy) is 1. The van der Waals surface area contributed by atoms with Crippen molar-refractivity contribution in [2.45, 2.75) is 117 Å². The number of rotatable bonds is 18. The third kappa shape index (κ3) is 10.3. The highest BCUT2D eigenvalue weighted by Gasteiger charge is 2.26. The molecule has 0 saturated carbocycles. The van der Waals surface area contributed by atoms with E-state index in [1.54, 1.807) is 0 Å². The first-order chi connectivity index (χ1) is 23.5. The van der Waals surface area contributed by atoms with Gasteiger partial charge in [0.15, 0.2) is 0 Å². The van der Waals surface area contributed by atoms with Crippen LogP contribution in [0.1, 0.15) is 113 Å². The van der Waals surface area contributed by atoms with Crippen molar-refractivity contribution < 1.29 is 14.9 Å². The van der Waals surface area contributed by atoms with Crippen molar-refractivity contribution in [3.8, 4) is 11.5 Å². The molecule has 5 nitrogen and oxygen atoms in total. The molecule has 0 amide bonds. The smallest absolute Gasteiger partial charge is 0.131 e. The predicted molar refractivity (Wildman–Crippen MR) is 205 cm³/mol. The zero-order valence-electron chi connectivity index (χ0n) is 31.1. The van der Waals surface area contributed by atoms with Gasteiger partial charge >= 0.3 is 0 Å². The third-order valence-corrected chi connectivity index (χ3v) is 9.89. The molecule has 0 aliphatic rings. The van der Waals surface area contributed by atoms with Crippen LogP contribution in [0.5, 0.6) is 11.5 Å². The standard InChI is InChI=1S/C44H60N2O3/c1-31(2)45(32(3)4)25-23-39(37-15-11-9-12-16-37)41-27-35(29-47)19-21-43(41)49-44-22-20-36(30-48)28-42(44)40(38-17-13-10-14-18-38)24-26-46(33(5)6)34(7)8/h9-22,27-28,31-34,39-40,47-48H,23-26,29-30H2,1-8H3. The van der Waals surface area contributed by atoms with E-state index in [2.05, 4.69) is 138 Å². The normalized spacial score (nSPS) is 13.3. The molecule has 0 saturated heterocycles. The van der Waals surface area contributed by atoms with Crippen LogP contribution in [0.3, 0.4) is 0 Å². The molecule has 0 fully saturated rings. The molecule has 2 N–H and O–H groups in total. The average molecular weight is 665 g/mol. The van der Waals surface area contributed by atoms with Gasteiger partial charge in [-0.3, -0.25) is 9.80 Å². The van der Waals surface area contributed by atoms with E-state index < -0.39 is 0 Å². The first kappa shape index (κ1) is 38.3. The monoisotopic (exact) mass is 664 g/mol. The van der Waals surface area contributed by atoms with Crippen LogP contribution in [0.4, 0.5) is 0 Å². The lowest BCUT2D eigenvalue weighted by molar-refractivity contribution is 0.170. The Balaban J connectivity index is 1.83. The maximum absolute atomic E-state index is 10.3. The minimum absolute atomic E-state index is 0.0341. The topological polar surface area (TPSA) is 56.2 Å². The number of benzene rings is 4. The van der Waals surface area contributed by atoms with Gasteiger partial charge in [-0.25, -0.2) is 0 Å². The van der Waals surface area contributed by atoms with Crippen LogP contribution in [0.15, 0.2) is 97.1 Å². The van der Waals surface area contributed by atoms with Gasteiger partial charge in [0, 0.05) is 47.1 Å². The third-order valence-electron chi connectivity index (χ3n) is 9.89. The molecule has 4 aromatic rings. The highest BCUT2D eigenvalue weighted by atomic mass is 16.5. The molecule has 264 valence electrons. The van der Waals surface area contributed by atoms with Crippen molar-refractivity contribution in [2.24, 2.45) is 0 Å². The van der Waals surface area contributed by atoms with E-state index in [4.69, 9.17) is 4.74 Å². The predicted octanol–water partition coefficient (Wildman–Crippen LogP) is 9.75. The zero-order chi connectivity index (χ0) is 35.5. The second-order valence-electron chi connectivity index (χ2n) is 14.5. The molecular weight excluding hydrogens is 604 g/mol. The van der Waals surface area contributed by atoms with E-state index in [1.165, 1.54) is 11.1 Å². The van der Waals surface area contributed by atoms with Crippen LogP contribution in [-0.4, -0.2) is 57.3 Å². The van der Waals surface area contributed by atoms with E-state index >= 15 is 0 Å². The van der Waals surface area contributed by atoms with Gasteiger partial charge in [-0.15, -0.1) is 0 Å². The van der Waals surface area contributed by atoms with Gasteiger partial charge in [-0.1, -0.05) is 72.8 Å². The summed E-state index contributed by atoms with van der Waals surface area (Å²) in [7, 11) is 0. The van der Waals surface area contributed by atoms with Crippen molar-refractivity contribution in [1.82, 2.24) is 9.80 Å². The molecule has 0 aliphatic carbocycles. The van der Waals surface area contributed by atoms with Crippen LogP contribution in [0, 0.1) is 0 Å². The minimum atomic E-state index is -0.0341. The molecule has 49 heavy (non-hydrogen) atoms. The first-order valence-electron chi connectivity index (χ1n) is 18.3. The summed E-state index contributed by atoms with van der Waals surface area (Å²) >= 11 is 0. The van der Waals surface area contributed by atoms with E-state index in [0.29, 0.717) is 24.2 Å². The van der Waals surface area contributed by atoms with Crippen LogP contribution < -0.4 is 4.74 Å². The van der Waals surface area contributed by atoms with Gasteiger partial charge in [0.25, 0.3) is 0 Å². The molecule has 4 rings (SSSR count). The van der Waals surface area contributed by atoms with Crippen LogP contribution in [-0.2, 0) is 13.2 Å². The number of hydrogen-bond acceptors (Lipinski definition) is 5. The van der Waals surface area contributed by atoms with Crippen molar-refractivity contribution in [1.29, 1.82) is 0 Å². The molecule has 0 heterocycles. The minimum Gasteiger partial charge on any atom is -0.457 e. The molecule has 0 radical (unpaired) electrons. The summed E-state index contributed by atoms with van der Waals surface area (Å²) in [6.45, 7) is 19.9. The summed E-state index contributed by atoms with van der Waals surface area (Å²) < 4.78 is 7.06. The number of aliphatic hydroxyl groups excluding tert-OH is 2. The lowest BCUT2D eigenvalue weighted by atomic mass is 9.86. The molecule has 0 bridgehead atoms. The fraction of sp³-hybridized carbons (Fsp3) is 0.455. The summed E-state index contributed by atoms with van der Waals surface area (Å²) in [4.78, 5) is 5.08. The Morgan fingerprint density at radius 3 is 1.14 bits per heavy atom. The van der Waals surface area contributed by atoms with Gasteiger partial charge in [0.2, 0.25) is 0 Å². The average Bonchev–Trinajstić information content (AvgIpc) is 3.09. The van der Waals surface area contributed by atoms with Crippen molar-refractivity contribution in [3.05, 3.63) is 130 Å². The van der Waals surface area contributed by atoms with Crippen LogP contribution in [0.25, 0.3) is 0 Å². The van der Waals surface area contributed by atoms with Crippen molar-refractivity contribution in [3.63, 3.8) is 0 Å². The van der Waals surface area contributed by atoms with Crippen LogP contribution >= 0.6 is 0 Å². The fourth-order valence-electron chi connectivity index (χ4n) is 7.40. The molecule has 0 aromatic heterocycles. The Labute approximate surface area is 296 Å². The number of nitrogens with zero attached hydrogens (tertiary/aromatic N) is 2. The molecule has 0 spiro atoms. The molecule has 5 heteroatoms. The SMILES string of the molecule is CC(C)N(CCC(c1ccccc1)c1cc(CO)ccc1Oc1ccc(CO)cc1C(CCN(C(C)C)C(C)C)c1ccccc1)C(C)C. The van der Waals surface area contributed by atoms with Crippen molar-refractivity contribution in [2.75, 3.05) is 13.1 Å². The summed E-state index contributed by atoms with van der Waals surface area (Å²) in [5, 5.41) is 20.5. The lowest BCUT2D eigenvalue weighted by Gasteiger charge is -2.33. The van der Waals surface area contributed by atoms with Crippen molar-refractivity contribution >= 4 is 0 Å². The van der Waals surface area contributed by atoms with E-state index in [0.717, 1.165) is 59.7 Å². The van der Waals surface area contributed by atoms with E-state index in [-0.39, 0.29) is 25.0 Å². The van der Waals surface area contributed by atoms with E-state index in [1.807, 2.05) is 24.3 Å². The Morgan fingerprint density at radius 2 is 0.837 bits per heavy atom. The highest BCUT2D eigenvalue weighted by molar-refractivity contribution is 5.50. The van der Waals surface area contributed by atoms with Gasteiger partial charge < -0.3 is 14.9 Å². The van der Waals surface area contributed by atoms with Gasteiger partial charge in [-0.05, 0) is 128 Å². The number of hydrogen-bond donors (Lipinski definition) is 2. The molecule has 4 aromatic carbocycles. The van der Waals surface area contributed by atoms with Gasteiger partial charge in [0.05, 0.1) is 13.2 Å². The molecular formula is C44H60N2O3.